The van der Waals surface area contributed by atoms with Crippen molar-refractivity contribution in [2.75, 3.05) is 5.32 Å². The second-order valence-electron chi connectivity index (χ2n) is 4.44. The number of hydrogen-bond donors (Lipinski definition) is 2. The summed E-state index contributed by atoms with van der Waals surface area (Å²) in [6.07, 6.45) is 1.25. The van der Waals surface area contributed by atoms with Gasteiger partial charge in [-0.2, -0.15) is 0 Å². The van der Waals surface area contributed by atoms with Crippen molar-refractivity contribution in [3.05, 3.63) is 57.5 Å². The molecule has 7 heteroatoms. The average molecular weight is 301 g/mol. The van der Waals surface area contributed by atoms with Gasteiger partial charge in [-0.1, -0.05) is 12.1 Å². The summed E-state index contributed by atoms with van der Waals surface area (Å²) >= 11 is 1.34. The first kappa shape index (κ1) is 13.3. The molecule has 1 aromatic carbocycles. The van der Waals surface area contributed by atoms with Crippen molar-refractivity contribution >= 4 is 27.9 Å². The molecule has 1 amide bonds. The number of benzene rings is 1. The molecular formula is C14H11N3O3S. The van der Waals surface area contributed by atoms with Gasteiger partial charge in [0, 0.05) is 17.3 Å². The van der Waals surface area contributed by atoms with Crippen LogP contribution >= 0.6 is 11.3 Å². The number of nitrogens with zero attached hydrogens (tertiary/aromatic N) is 2. The van der Waals surface area contributed by atoms with Crippen LogP contribution in [0.25, 0.3) is 4.96 Å². The number of aryl methyl sites for hydroxylation is 1. The molecule has 6 nitrogen and oxygen atoms in total. The van der Waals surface area contributed by atoms with Crippen LogP contribution < -0.4 is 10.9 Å². The first-order chi connectivity index (χ1) is 10.1. The van der Waals surface area contributed by atoms with Gasteiger partial charge in [-0.15, -0.1) is 11.3 Å². The smallest absolute Gasteiger partial charge is 0.271 e. The zero-order chi connectivity index (χ0) is 15.0. The summed E-state index contributed by atoms with van der Waals surface area (Å²) in [5.41, 5.74) is 0.475. The molecule has 0 aliphatic heterocycles. The van der Waals surface area contributed by atoms with Crippen LogP contribution in [0, 0.1) is 6.92 Å². The Morgan fingerprint density at radius 2 is 2.14 bits per heavy atom. The van der Waals surface area contributed by atoms with Gasteiger partial charge in [-0.05, 0) is 19.1 Å². The highest BCUT2D eigenvalue weighted by molar-refractivity contribution is 7.15. The largest absolute Gasteiger partial charge is 0.506 e. The lowest BCUT2D eigenvalue weighted by atomic mass is 10.2. The van der Waals surface area contributed by atoms with Gasteiger partial charge in [0.25, 0.3) is 11.5 Å². The van der Waals surface area contributed by atoms with Gasteiger partial charge < -0.3 is 10.4 Å². The van der Waals surface area contributed by atoms with E-state index in [2.05, 4.69) is 10.3 Å². The van der Waals surface area contributed by atoms with Crippen molar-refractivity contribution in [1.82, 2.24) is 9.38 Å². The van der Waals surface area contributed by atoms with Crippen molar-refractivity contribution < 1.29 is 9.90 Å². The SMILES string of the molecule is Cc1csc2ncc(C(=O)Nc3ccccc3O)c(=O)n12. The fraction of sp³-hybridized carbons (Fsp3) is 0.0714. The number of fused-ring (bicyclic) bond motifs is 1. The number of phenolic OH excluding ortho intramolecular Hbond substituents is 1. The van der Waals surface area contributed by atoms with Crippen molar-refractivity contribution in [2.45, 2.75) is 6.92 Å². The average Bonchev–Trinajstić information content (AvgIpc) is 2.84. The number of nitrogens with one attached hydrogen (secondary N) is 1. The van der Waals surface area contributed by atoms with Gasteiger partial charge in [-0.3, -0.25) is 14.0 Å². The Labute approximate surface area is 123 Å². The molecule has 2 heterocycles. The van der Waals surface area contributed by atoms with Gasteiger partial charge in [0.2, 0.25) is 0 Å². The minimum absolute atomic E-state index is 0.0632. The molecule has 2 aromatic heterocycles. The number of carbonyl (C=O) groups is 1. The van der Waals surface area contributed by atoms with E-state index in [1.165, 1.54) is 28.0 Å². The number of phenols is 1. The van der Waals surface area contributed by atoms with Crippen LogP contribution in [0.2, 0.25) is 0 Å². The van der Waals surface area contributed by atoms with Crippen molar-refractivity contribution in [3.63, 3.8) is 0 Å². The van der Waals surface area contributed by atoms with Crippen LogP contribution in [-0.4, -0.2) is 20.4 Å². The van der Waals surface area contributed by atoms with E-state index in [-0.39, 0.29) is 17.0 Å². The van der Waals surface area contributed by atoms with Gasteiger partial charge in [0.15, 0.2) is 4.96 Å². The molecule has 3 aromatic rings. The number of hydrogen-bond acceptors (Lipinski definition) is 5. The quantitative estimate of drug-likeness (QED) is 0.709. The Kier molecular flexibility index (Phi) is 3.19. The zero-order valence-corrected chi connectivity index (χ0v) is 11.8. The number of thiazole rings is 1. The predicted molar refractivity (Wildman–Crippen MR) is 80.1 cm³/mol. The van der Waals surface area contributed by atoms with E-state index in [4.69, 9.17) is 0 Å². The number of rotatable bonds is 2. The highest BCUT2D eigenvalue weighted by Gasteiger charge is 2.16. The highest BCUT2D eigenvalue weighted by atomic mass is 32.1. The van der Waals surface area contributed by atoms with Gasteiger partial charge >= 0.3 is 0 Å². The van der Waals surface area contributed by atoms with Crippen LogP contribution in [0.15, 0.2) is 40.6 Å². The molecule has 0 spiro atoms. The molecule has 106 valence electrons. The summed E-state index contributed by atoms with van der Waals surface area (Å²) in [5.74, 6) is -0.666. The van der Waals surface area contributed by atoms with Crippen molar-refractivity contribution in [1.29, 1.82) is 0 Å². The van der Waals surface area contributed by atoms with Crippen LogP contribution in [0.4, 0.5) is 5.69 Å². The summed E-state index contributed by atoms with van der Waals surface area (Å²) in [6, 6.07) is 6.31. The highest BCUT2D eigenvalue weighted by Crippen LogP contribution is 2.22. The molecule has 2 N–H and O–H groups in total. The standard InChI is InChI=1S/C14H11N3O3S/c1-8-7-21-14-15-6-9(13(20)17(8)14)12(19)16-10-4-2-3-5-11(10)18/h2-7,18H,1H3,(H,16,19). The molecule has 21 heavy (non-hydrogen) atoms. The van der Waals surface area contributed by atoms with Gasteiger partial charge in [-0.25, -0.2) is 4.98 Å². The molecule has 0 fully saturated rings. The predicted octanol–water partition coefficient (Wildman–Crippen LogP) is 2.02. The molecule has 0 bridgehead atoms. The maximum absolute atomic E-state index is 12.3. The molecule has 0 aliphatic carbocycles. The van der Waals surface area contributed by atoms with E-state index in [9.17, 15) is 14.7 Å². The first-order valence-electron chi connectivity index (χ1n) is 6.13. The second-order valence-corrected chi connectivity index (χ2v) is 5.28. The van der Waals surface area contributed by atoms with Gasteiger partial charge in [0.05, 0.1) is 5.69 Å². The normalized spacial score (nSPS) is 10.7. The Morgan fingerprint density at radius 3 is 2.90 bits per heavy atom. The third-order valence-corrected chi connectivity index (χ3v) is 3.97. The number of carbonyl (C=O) groups excluding carboxylic acids is 1. The van der Waals surface area contributed by atoms with E-state index in [1.54, 1.807) is 30.5 Å². The lowest BCUT2D eigenvalue weighted by Gasteiger charge is -2.06. The summed E-state index contributed by atoms with van der Waals surface area (Å²) in [7, 11) is 0. The summed E-state index contributed by atoms with van der Waals surface area (Å²) in [5, 5.41) is 14.0. The van der Waals surface area contributed by atoms with E-state index in [1.807, 2.05) is 0 Å². The van der Waals surface area contributed by atoms with Gasteiger partial charge in [0.1, 0.15) is 11.3 Å². The molecule has 0 radical (unpaired) electrons. The Bertz CT molecular complexity index is 898. The Balaban J connectivity index is 2.03. The van der Waals surface area contributed by atoms with Crippen LogP contribution in [0.3, 0.4) is 0 Å². The van der Waals surface area contributed by atoms with Crippen LogP contribution in [0.1, 0.15) is 16.1 Å². The van der Waals surface area contributed by atoms with Crippen molar-refractivity contribution in [3.8, 4) is 5.75 Å². The third-order valence-electron chi connectivity index (χ3n) is 3.01. The van der Waals surface area contributed by atoms with Crippen LogP contribution in [-0.2, 0) is 0 Å². The maximum Gasteiger partial charge on any atom is 0.271 e. The third kappa shape index (κ3) is 2.27. The number of amides is 1. The molecular weight excluding hydrogens is 290 g/mol. The lowest BCUT2D eigenvalue weighted by Crippen LogP contribution is -2.26. The molecule has 0 aliphatic rings. The van der Waals surface area contributed by atoms with Crippen LogP contribution in [0.5, 0.6) is 5.75 Å². The molecule has 0 atom stereocenters. The minimum Gasteiger partial charge on any atom is -0.506 e. The number of anilines is 1. The monoisotopic (exact) mass is 301 g/mol. The first-order valence-corrected chi connectivity index (χ1v) is 7.01. The molecule has 0 unspecified atom stereocenters. The van der Waals surface area contributed by atoms with E-state index in [0.717, 1.165) is 5.69 Å². The number of aromatic hydroxyl groups is 1. The summed E-state index contributed by atoms with van der Waals surface area (Å²) in [4.78, 5) is 29.2. The Hall–Kier alpha value is -2.67. The van der Waals surface area contributed by atoms with E-state index >= 15 is 0 Å². The topological polar surface area (TPSA) is 83.7 Å². The lowest BCUT2D eigenvalue weighted by molar-refractivity contribution is 0.102. The number of aromatic nitrogens is 2. The molecule has 0 saturated heterocycles. The van der Waals surface area contributed by atoms with E-state index < -0.39 is 11.5 Å². The fourth-order valence-corrected chi connectivity index (χ4v) is 2.78. The maximum atomic E-state index is 12.3. The second kappa shape index (κ2) is 5.02. The Morgan fingerprint density at radius 1 is 1.38 bits per heavy atom. The van der Waals surface area contributed by atoms with Crippen molar-refractivity contribution in [2.24, 2.45) is 0 Å². The molecule has 3 rings (SSSR count). The fourth-order valence-electron chi connectivity index (χ4n) is 1.95. The number of para-hydroxylation sites is 2. The zero-order valence-electron chi connectivity index (χ0n) is 11.0. The summed E-state index contributed by atoms with van der Waals surface area (Å²) in [6.45, 7) is 1.78. The summed E-state index contributed by atoms with van der Waals surface area (Å²) < 4.78 is 1.39. The minimum atomic E-state index is -0.603. The molecule has 0 saturated carbocycles. The van der Waals surface area contributed by atoms with E-state index in [0.29, 0.717) is 4.96 Å².